The van der Waals surface area contributed by atoms with Gasteiger partial charge in [0.1, 0.15) is 5.82 Å². The molecule has 144 valence electrons. The van der Waals surface area contributed by atoms with Gasteiger partial charge in [0, 0.05) is 43.3 Å². The third kappa shape index (κ3) is 5.25. The van der Waals surface area contributed by atoms with Crippen molar-refractivity contribution in [2.24, 2.45) is 0 Å². The number of hydrogen-bond acceptors (Lipinski definition) is 4. The van der Waals surface area contributed by atoms with Gasteiger partial charge in [-0.3, -0.25) is 14.6 Å². The minimum Gasteiger partial charge on any atom is -0.379 e. The van der Waals surface area contributed by atoms with E-state index in [9.17, 15) is 9.18 Å². The fourth-order valence-electron chi connectivity index (χ4n) is 3.43. The van der Waals surface area contributed by atoms with Crippen LogP contribution in [0.1, 0.15) is 32.3 Å². The molecule has 26 heavy (non-hydrogen) atoms. The smallest absolute Gasteiger partial charge is 0.234 e. The van der Waals surface area contributed by atoms with Crippen molar-refractivity contribution in [1.82, 2.24) is 15.1 Å². The summed E-state index contributed by atoms with van der Waals surface area (Å²) in [5.74, 6) is -0.193. The van der Waals surface area contributed by atoms with Crippen molar-refractivity contribution in [3.8, 4) is 0 Å². The van der Waals surface area contributed by atoms with Crippen LogP contribution in [0.4, 0.5) is 4.39 Å². The van der Waals surface area contributed by atoms with Gasteiger partial charge in [-0.15, -0.1) is 0 Å². The first-order chi connectivity index (χ1) is 12.5. The maximum Gasteiger partial charge on any atom is 0.234 e. The molecule has 1 aliphatic heterocycles. The molecule has 1 aliphatic carbocycles. The van der Waals surface area contributed by atoms with Gasteiger partial charge in [0.25, 0.3) is 0 Å². The van der Waals surface area contributed by atoms with Crippen molar-refractivity contribution < 1.29 is 13.9 Å². The van der Waals surface area contributed by atoms with E-state index in [4.69, 9.17) is 4.74 Å². The van der Waals surface area contributed by atoms with Crippen molar-refractivity contribution in [3.05, 3.63) is 35.6 Å². The van der Waals surface area contributed by atoms with Crippen LogP contribution in [0.2, 0.25) is 0 Å². The van der Waals surface area contributed by atoms with Crippen molar-refractivity contribution in [3.63, 3.8) is 0 Å². The van der Waals surface area contributed by atoms with E-state index in [0.717, 1.165) is 39.1 Å². The lowest BCUT2D eigenvalue weighted by molar-refractivity contribution is -0.123. The minimum absolute atomic E-state index is 0.00886. The van der Waals surface area contributed by atoms with E-state index < -0.39 is 0 Å². The maximum atomic E-state index is 13.9. The number of halogens is 1. The van der Waals surface area contributed by atoms with E-state index in [0.29, 0.717) is 31.2 Å². The fraction of sp³-hybridized carbons (Fsp3) is 0.650. The molecule has 0 radical (unpaired) electrons. The normalized spacial score (nSPS) is 18.9. The Balaban J connectivity index is 1.51. The molecule has 1 saturated heterocycles. The Morgan fingerprint density at radius 2 is 2.00 bits per heavy atom. The van der Waals surface area contributed by atoms with Crippen LogP contribution in [-0.4, -0.2) is 66.7 Å². The Morgan fingerprint density at radius 1 is 1.31 bits per heavy atom. The number of morpholine rings is 1. The van der Waals surface area contributed by atoms with Crippen LogP contribution < -0.4 is 5.32 Å². The molecule has 1 aromatic rings. The maximum absolute atomic E-state index is 13.9. The molecule has 1 heterocycles. The molecule has 3 rings (SSSR count). The third-order valence-electron chi connectivity index (χ3n) is 5.33. The van der Waals surface area contributed by atoms with Gasteiger partial charge in [-0.2, -0.15) is 0 Å². The van der Waals surface area contributed by atoms with Crippen molar-refractivity contribution in [2.45, 2.75) is 44.8 Å². The molecule has 5 nitrogen and oxygen atoms in total. The Morgan fingerprint density at radius 3 is 2.65 bits per heavy atom. The van der Waals surface area contributed by atoms with Gasteiger partial charge in [0.05, 0.1) is 19.8 Å². The van der Waals surface area contributed by atoms with Crippen molar-refractivity contribution in [2.75, 3.05) is 39.4 Å². The van der Waals surface area contributed by atoms with Crippen LogP contribution >= 0.6 is 0 Å². The highest BCUT2D eigenvalue weighted by atomic mass is 19.1. The first-order valence-electron chi connectivity index (χ1n) is 9.53. The molecule has 1 N–H and O–H groups in total. The Hall–Kier alpha value is -1.50. The lowest BCUT2D eigenvalue weighted by Gasteiger charge is -2.41. The molecule has 0 bridgehead atoms. The van der Waals surface area contributed by atoms with Gasteiger partial charge in [-0.1, -0.05) is 18.2 Å². The van der Waals surface area contributed by atoms with Gasteiger partial charge in [-0.05, 0) is 32.8 Å². The van der Waals surface area contributed by atoms with Crippen molar-refractivity contribution >= 4 is 5.91 Å². The summed E-state index contributed by atoms with van der Waals surface area (Å²) in [4.78, 5) is 16.9. The Bertz CT molecular complexity index is 613. The predicted molar refractivity (Wildman–Crippen MR) is 99.3 cm³/mol. The van der Waals surface area contributed by atoms with Crippen LogP contribution in [0.3, 0.4) is 0 Å². The van der Waals surface area contributed by atoms with Crippen molar-refractivity contribution in [1.29, 1.82) is 0 Å². The summed E-state index contributed by atoms with van der Waals surface area (Å²) in [7, 11) is 0. The Kier molecular flexibility index (Phi) is 6.27. The van der Waals surface area contributed by atoms with Crippen LogP contribution in [-0.2, 0) is 16.1 Å². The second kappa shape index (κ2) is 8.46. The molecule has 2 aliphatic rings. The highest BCUT2D eigenvalue weighted by Crippen LogP contribution is 2.28. The molecule has 1 saturated carbocycles. The summed E-state index contributed by atoms with van der Waals surface area (Å²) in [6.07, 6.45) is 2.17. The number of nitrogens with zero attached hydrogens (tertiary/aromatic N) is 2. The molecule has 6 heteroatoms. The molecular weight excluding hydrogens is 333 g/mol. The standard InChI is InChI=1S/C20H30FN3O2/c1-20(2,24-9-11-26-12-10-24)15-22-19(25)14-23(17-7-8-17)13-16-5-3-4-6-18(16)21/h3-6,17H,7-15H2,1-2H3,(H,22,25). The highest BCUT2D eigenvalue weighted by molar-refractivity contribution is 5.78. The third-order valence-corrected chi connectivity index (χ3v) is 5.33. The Labute approximate surface area is 155 Å². The number of carbonyl (C=O) groups excluding carboxylic acids is 1. The number of amides is 1. The first kappa shape index (κ1) is 19.3. The highest BCUT2D eigenvalue weighted by Gasteiger charge is 2.32. The average Bonchev–Trinajstić information content (AvgIpc) is 3.47. The first-order valence-corrected chi connectivity index (χ1v) is 9.53. The molecule has 0 aromatic heterocycles. The van der Waals surface area contributed by atoms with E-state index in [1.807, 2.05) is 6.07 Å². The zero-order chi connectivity index (χ0) is 18.6. The predicted octanol–water partition coefficient (Wildman–Crippen LogP) is 2.02. The van der Waals surface area contributed by atoms with Gasteiger partial charge >= 0.3 is 0 Å². The fourth-order valence-corrected chi connectivity index (χ4v) is 3.43. The molecular formula is C20H30FN3O2. The minimum atomic E-state index is -0.202. The van der Waals surface area contributed by atoms with Crippen LogP contribution in [0.5, 0.6) is 0 Å². The SMILES string of the molecule is CC(C)(CNC(=O)CN(Cc1ccccc1F)C1CC1)N1CCOCC1. The van der Waals surface area contributed by atoms with E-state index in [1.165, 1.54) is 6.07 Å². The quantitative estimate of drug-likeness (QED) is 0.768. The van der Waals surface area contributed by atoms with Crippen LogP contribution in [0, 0.1) is 5.82 Å². The zero-order valence-electron chi connectivity index (χ0n) is 15.8. The second-order valence-corrected chi connectivity index (χ2v) is 7.92. The number of rotatable bonds is 8. The monoisotopic (exact) mass is 363 g/mol. The van der Waals surface area contributed by atoms with Gasteiger partial charge in [0.15, 0.2) is 0 Å². The van der Waals surface area contributed by atoms with E-state index in [2.05, 4.69) is 29.0 Å². The van der Waals surface area contributed by atoms with Gasteiger partial charge in [-0.25, -0.2) is 4.39 Å². The topological polar surface area (TPSA) is 44.8 Å². The summed E-state index contributed by atoms with van der Waals surface area (Å²) >= 11 is 0. The molecule has 0 spiro atoms. The van der Waals surface area contributed by atoms with Gasteiger partial charge in [0.2, 0.25) is 5.91 Å². The average molecular weight is 363 g/mol. The van der Waals surface area contributed by atoms with E-state index in [1.54, 1.807) is 12.1 Å². The van der Waals surface area contributed by atoms with Gasteiger partial charge < -0.3 is 10.1 Å². The summed E-state index contributed by atoms with van der Waals surface area (Å²) in [6, 6.07) is 7.21. The summed E-state index contributed by atoms with van der Waals surface area (Å²) in [5, 5.41) is 3.08. The number of hydrogen-bond donors (Lipinski definition) is 1. The van der Waals surface area contributed by atoms with E-state index >= 15 is 0 Å². The summed E-state index contributed by atoms with van der Waals surface area (Å²) in [6.45, 7) is 8.98. The zero-order valence-corrected chi connectivity index (χ0v) is 15.8. The molecule has 1 aromatic carbocycles. The molecule has 2 fully saturated rings. The lowest BCUT2D eigenvalue weighted by atomic mass is 10.0. The number of ether oxygens (including phenoxy) is 1. The lowest BCUT2D eigenvalue weighted by Crippen LogP contribution is -2.56. The molecule has 0 atom stereocenters. The molecule has 1 amide bonds. The molecule has 0 unspecified atom stereocenters. The number of benzene rings is 1. The van der Waals surface area contributed by atoms with Crippen LogP contribution in [0.15, 0.2) is 24.3 Å². The summed E-state index contributed by atoms with van der Waals surface area (Å²) in [5.41, 5.74) is 0.552. The number of carbonyl (C=O) groups is 1. The summed E-state index contributed by atoms with van der Waals surface area (Å²) < 4.78 is 19.3. The largest absolute Gasteiger partial charge is 0.379 e. The second-order valence-electron chi connectivity index (χ2n) is 7.92. The van der Waals surface area contributed by atoms with Crippen LogP contribution in [0.25, 0.3) is 0 Å². The van der Waals surface area contributed by atoms with E-state index in [-0.39, 0.29) is 17.3 Å². The number of nitrogens with one attached hydrogen (secondary N) is 1.